The Hall–Kier alpha value is -4.26. The Balaban J connectivity index is 1.97. The first kappa shape index (κ1) is 23.9. The van der Waals surface area contributed by atoms with Gasteiger partial charge in [-0.05, 0) is 53.4 Å². The quantitative estimate of drug-likeness (QED) is 0.279. The molecule has 3 N–H and O–H groups in total. The zero-order chi connectivity index (χ0) is 25.5. The Bertz CT molecular complexity index is 1330. The van der Waals surface area contributed by atoms with E-state index in [2.05, 4.69) is 0 Å². The Labute approximate surface area is 203 Å². The van der Waals surface area contributed by atoms with Crippen LogP contribution in [-0.2, 0) is 15.0 Å². The first-order chi connectivity index (χ1) is 16.5. The fourth-order valence-corrected chi connectivity index (χ4v) is 4.32. The molecule has 1 fully saturated rings. The number of ether oxygens (including phenoxy) is 1. The number of benzene rings is 3. The van der Waals surface area contributed by atoms with Crippen LogP contribution in [-0.4, -0.2) is 34.1 Å². The summed E-state index contributed by atoms with van der Waals surface area (Å²) >= 11 is 0. The molecule has 0 spiro atoms. The molecule has 7 heteroatoms. The fraction of sp³-hybridized carbons (Fsp3) is 0.214. The minimum atomic E-state index is -1.02. The number of anilines is 1. The summed E-state index contributed by atoms with van der Waals surface area (Å²) in [6.45, 7) is 6.01. The van der Waals surface area contributed by atoms with Crippen molar-refractivity contribution in [1.29, 1.82) is 0 Å². The van der Waals surface area contributed by atoms with Gasteiger partial charge in [-0.25, -0.2) is 0 Å². The van der Waals surface area contributed by atoms with Crippen LogP contribution in [0.2, 0.25) is 0 Å². The van der Waals surface area contributed by atoms with Gasteiger partial charge in [-0.3, -0.25) is 14.5 Å². The van der Waals surface area contributed by atoms with E-state index < -0.39 is 17.7 Å². The molecule has 0 saturated carbocycles. The predicted octanol–water partition coefficient (Wildman–Crippen LogP) is 5.03. The molecule has 7 nitrogen and oxygen atoms in total. The Kier molecular flexibility index (Phi) is 6.03. The largest absolute Gasteiger partial charge is 0.508 e. The number of carbonyl (C=O) groups is 2. The highest BCUT2D eigenvalue weighted by atomic mass is 16.5. The van der Waals surface area contributed by atoms with Gasteiger partial charge in [0.05, 0.1) is 24.4 Å². The SMILES string of the molecule is COc1ccc(/C(O)=C2/C(=O)C(=O)N(c3ccccc3O)C2c2ccc(O)cc2)cc1C(C)(C)C. The van der Waals surface area contributed by atoms with E-state index in [1.54, 1.807) is 49.6 Å². The van der Waals surface area contributed by atoms with E-state index in [1.165, 1.54) is 29.2 Å². The summed E-state index contributed by atoms with van der Waals surface area (Å²) in [7, 11) is 1.56. The Morgan fingerprint density at radius 3 is 2.20 bits per heavy atom. The average molecular weight is 474 g/mol. The minimum Gasteiger partial charge on any atom is -0.508 e. The molecule has 0 bridgehead atoms. The second kappa shape index (κ2) is 8.83. The number of nitrogens with zero attached hydrogens (tertiary/aromatic N) is 1. The van der Waals surface area contributed by atoms with E-state index in [-0.39, 0.29) is 33.9 Å². The van der Waals surface area contributed by atoms with Crippen molar-refractivity contribution in [2.75, 3.05) is 12.0 Å². The number of aliphatic hydroxyl groups is 1. The summed E-state index contributed by atoms with van der Waals surface area (Å²) in [5.74, 6) is -1.63. The van der Waals surface area contributed by atoms with E-state index in [0.29, 0.717) is 16.9 Å². The summed E-state index contributed by atoms with van der Waals surface area (Å²) in [4.78, 5) is 27.7. The van der Waals surface area contributed by atoms with Gasteiger partial charge in [0.1, 0.15) is 23.0 Å². The molecule has 180 valence electrons. The first-order valence-corrected chi connectivity index (χ1v) is 11.1. The summed E-state index contributed by atoms with van der Waals surface area (Å²) in [5, 5.41) is 31.7. The van der Waals surface area contributed by atoms with E-state index in [0.717, 1.165) is 5.56 Å². The Morgan fingerprint density at radius 2 is 1.60 bits per heavy atom. The maximum atomic E-state index is 13.3. The lowest BCUT2D eigenvalue weighted by molar-refractivity contribution is -0.132. The van der Waals surface area contributed by atoms with Crippen molar-refractivity contribution < 1.29 is 29.6 Å². The number of carbonyl (C=O) groups excluding carboxylic acids is 2. The number of methoxy groups -OCH3 is 1. The molecule has 0 aromatic heterocycles. The van der Waals surface area contributed by atoms with Crippen LogP contribution in [0.1, 0.15) is 43.5 Å². The fourth-order valence-electron chi connectivity index (χ4n) is 4.32. The monoisotopic (exact) mass is 473 g/mol. The van der Waals surface area contributed by atoms with Crippen LogP contribution in [0, 0.1) is 0 Å². The molecule has 3 aromatic carbocycles. The molecule has 1 aliphatic heterocycles. The summed E-state index contributed by atoms with van der Waals surface area (Å²) in [6.07, 6.45) is 0. The highest BCUT2D eigenvalue weighted by molar-refractivity contribution is 6.51. The maximum absolute atomic E-state index is 13.3. The van der Waals surface area contributed by atoms with Crippen LogP contribution in [0.5, 0.6) is 17.2 Å². The van der Waals surface area contributed by atoms with Crippen LogP contribution < -0.4 is 9.64 Å². The number of hydrogen-bond acceptors (Lipinski definition) is 6. The molecule has 0 radical (unpaired) electrons. The first-order valence-electron chi connectivity index (χ1n) is 11.1. The average Bonchev–Trinajstić information content (AvgIpc) is 3.09. The lowest BCUT2D eigenvalue weighted by Crippen LogP contribution is -2.29. The van der Waals surface area contributed by atoms with Crippen molar-refractivity contribution >= 4 is 23.1 Å². The molecule has 1 atom stereocenters. The van der Waals surface area contributed by atoms with Crippen molar-refractivity contribution in [3.05, 3.63) is 89.0 Å². The zero-order valence-corrected chi connectivity index (χ0v) is 19.9. The molecule has 4 rings (SSSR count). The number of Topliss-reactive ketones (excluding diaryl/α,β-unsaturated/α-hetero) is 1. The van der Waals surface area contributed by atoms with E-state index in [4.69, 9.17) is 4.74 Å². The van der Waals surface area contributed by atoms with Gasteiger partial charge in [0.2, 0.25) is 0 Å². The summed E-state index contributed by atoms with van der Waals surface area (Å²) in [5.41, 5.74) is 1.36. The number of phenols is 2. The van der Waals surface area contributed by atoms with Gasteiger partial charge in [-0.1, -0.05) is 45.0 Å². The highest BCUT2D eigenvalue weighted by Crippen LogP contribution is 2.45. The standard InChI is InChI=1S/C28H27NO6/c1-28(2,3)19-15-17(11-14-22(19)35-4)25(32)23-24(16-9-12-18(30)13-10-16)29(27(34)26(23)33)20-7-5-6-8-21(20)31/h5-15,24,30-32H,1-4H3/b25-23-. The van der Waals surface area contributed by atoms with E-state index in [1.807, 2.05) is 20.8 Å². The molecule has 1 amide bonds. The number of phenolic OH excluding ortho intramolecular Hbond substituents is 2. The van der Waals surface area contributed by atoms with Gasteiger partial charge in [0.15, 0.2) is 0 Å². The molecule has 1 heterocycles. The number of para-hydroxylation sites is 2. The van der Waals surface area contributed by atoms with Gasteiger partial charge in [0, 0.05) is 11.1 Å². The van der Waals surface area contributed by atoms with Crippen LogP contribution in [0.25, 0.3) is 5.76 Å². The molecule has 1 unspecified atom stereocenters. The molecule has 35 heavy (non-hydrogen) atoms. The van der Waals surface area contributed by atoms with E-state index >= 15 is 0 Å². The number of ketones is 1. The van der Waals surface area contributed by atoms with Gasteiger partial charge in [0.25, 0.3) is 11.7 Å². The van der Waals surface area contributed by atoms with Crippen molar-refractivity contribution in [2.24, 2.45) is 0 Å². The van der Waals surface area contributed by atoms with Crippen LogP contribution in [0.3, 0.4) is 0 Å². The van der Waals surface area contributed by atoms with E-state index in [9.17, 15) is 24.9 Å². The number of aromatic hydroxyl groups is 2. The van der Waals surface area contributed by atoms with Crippen molar-refractivity contribution in [2.45, 2.75) is 32.2 Å². The molecular formula is C28H27NO6. The van der Waals surface area contributed by atoms with Gasteiger partial charge in [-0.2, -0.15) is 0 Å². The van der Waals surface area contributed by atoms with Crippen LogP contribution >= 0.6 is 0 Å². The summed E-state index contributed by atoms with van der Waals surface area (Å²) < 4.78 is 5.48. The number of rotatable bonds is 4. The number of hydrogen-bond donors (Lipinski definition) is 3. The third-order valence-electron chi connectivity index (χ3n) is 6.08. The lowest BCUT2D eigenvalue weighted by atomic mass is 9.84. The molecule has 3 aromatic rings. The second-order valence-corrected chi connectivity index (χ2v) is 9.41. The third kappa shape index (κ3) is 4.21. The maximum Gasteiger partial charge on any atom is 0.300 e. The van der Waals surface area contributed by atoms with Crippen molar-refractivity contribution in [3.63, 3.8) is 0 Å². The van der Waals surface area contributed by atoms with Crippen LogP contribution in [0.15, 0.2) is 72.3 Å². The Morgan fingerprint density at radius 1 is 0.943 bits per heavy atom. The lowest BCUT2D eigenvalue weighted by Gasteiger charge is -2.26. The summed E-state index contributed by atoms with van der Waals surface area (Å²) in [6, 6.07) is 16.3. The van der Waals surface area contributed by atoms with Gasteiger partial charge < -0.3 is 20.1 Å². The van der Waals surface area contributed by atoms with Crippen molar-refractivity contribution in [3.8, 4) is 17.2 Å². The number of amides is 1. The molecule has 1 aliphatic rings. The smallest absolute Gasteiger partial charge is 0.300 e. The third-order valence-corrected chi connectivity index (χ3v) is 6.08. The molecule has 1 saturated heterocycles. The number of aliphatic hydroxyl groups excluding tert-OH is 1. The van der Waals surface area contributed by atoms with Crippen molar-refractivity contribution in [1.82, 2.24) is 0 Å². The van der Waals surface area contributed by atoms with Gasteiger partial charge >= 0.3 is 0 Å². The second-order valence-electron chi connectivity index (χ2n) is 9.41. The van der Waals surface area contributed by atoms with Gasteiger partial charge in [-0.15, -0.1) is 0 Å². The minimum absolute atomic E-state index is 0.0123. The van der Waals surface area contributed by atoms with Crippen LogP contribution in [0.4, 0.5) is 5.69 Å². The molecular weight excluding hydrogens is 446 g/mol. The molecule has 0 aliphatic carbocycles. The zero-order valence-electron chi connectivity index (χ0n) is 19.9. The highest BCUT2D eigenvalue weighted by Gasteiger charge is 2.47. The normalized spacial score (nSPS) is 17.6. The predicted molar refractivity (Wildman–Crippen MR) is 133 cm³/mol. The topological polar surface area (TPSA) is 107 Å².